The molecule has 3 aromatic heterocycles. The second-order valence-corrected chi connectivity index (χ2v) is 10.7. The van der Waals surface area contributed by atoms with E-state index in [0.29, 0.717) is 39.7 Å². The molecule has 0 aliphatic carbocycles. The fourth-order valence-electron chi connectivity index (χ4n) is 4.17. The smallest absolute Gasteiger partial charge is 0.324 e. The van der Waals surface area contributed by atoms with Crippen LogP contribution in [0.2, 0.25) is 0 Å². The average Bonchev–Trinajstić information content (AvgIpc) is 3.59. The second kappa shape index (κ2) is 11.7. The van der Waals surface area contributed by atoms with Crippen LogP contribution in [-0.4, -0.2) is 50.6 Å². The van der Waals surface area contributed by atoms with E-state index in [1.807, 2.05) is 37.3 Å². The molecule has 0 radical (unpaired) electrons. The lowest BCUT2D eigenvalue weighted by atomic mass is 9.92. The monoisotopic (exact) mass is 568 g/mol. The van der Waals surface area contributed by atoms with Crippen molar-refractivity contribution in [3.05, 3.63) is 78.2 Å². The first-order chi connectivity index (χ1) is 20.1. The van der Waals surface area contributed by atoms with Crippen molar-refractivity contribution < 1.29 is 19.1 Å². The van der Waals surface area contributed by atoms with E-state index in [9.17, 15) is 9.59 Å². The molecule has 0 saturated carbocycles. The zero-order chi connectivity index (χ0) is 29.9. The molecule has 12 heteroatoms. The van der Waals surface area contributed by atoms with Crippen molar-refractivity contribution in [3.63, 3.8) is 0 Å². The summed E-state index contributed by atoms with van der Waals surface area (Å²) >= 11 is 0. The van der Waals surface area contributed by atoms with Gasteiger partial charge in [0.15, 0.2) is 0 Å². The number of ether oxygens (including phenoxy) is 2. The highest BCUT2D eigenvalue weighted by Gasteiger charge is 2.22. The lowest BCUT2D eigenvalue weighted by molar-refractivity contribution is -0.119. The normalized spacial score (nSPS) is 11.4. The van der Waals surface area contributed by atoms with Crippen LogP contribution in [0.3, 0.4) is 0 Å². The van der Waals surface area contributed by atoms with Crippen LogP contribution in [0.4, 0.5) is 22.1 Å². The number of pyridine rings is 1. The van der Waals surface area contributed by atoms with E-state index >= 15 is 0 Å². The fourth-order valence-corrected chi connectivity index (χ4v) is 4.17. The fraction of sp³-hybridized carbons (Fsp3) is 0.233. The van der Waals surface area contributed by atoms with Gasteiger partial charge in [-0.3, -0.25) is 15.2 Å². The number of methoxy groups -OCH3 is 1. The molecular weight excluding hydrogens is 536 g/mol. The largest absolute Gasteiger partial charge is 0.456 e. The molecule has 216 valence electrons. The van der Waals surface area contributed by atoms with Crippen molar-refractivity contribution in [2.45, 2.75) is 33.1 Å². The number of amides is 3. The van der Waals surface area contributed by atoms with E-state index in [4.69, 9.17) is 14.6 Å². The number of aromatic nitrogens is 5. The number of carbonyl (C=O) groups excluding carboxylic acids is 2. The van der Waals surface area contributed by atoms with Crippen molar-refractivity contribution in [3.8, 4) is 17.2 Å². The van der Waals surface area contributed by atoms with Gasteiger partial charge in [0.1, 0.15) is 29.7 Å². The highest BCUT2D eigenvalue weighted by molar-refractivity contribution is 6.06. The number of nitrogens with one attached hydrogen (secondary N) is 4. The van der Waals surface area contributed by atoms with E-state index in [-0.39, 0.29) is 17.9 Å². The summed E-state index contributed by atoms with van der Waals surface area (Å²) in [5, 5.41) is 21.0. The van der Waals surface area contributed by atoms with Crippen molar-refractivity contribution in [2.75, 3.05) is 29.7 Å². The second-order valence-electron chi connectivity index (χ2n) is 10.7. The molecule has 12 nitrogen and oxygen atoms in total. The van der Waals surface area contributed by atoms with Crippen molar-refractivity contribution in [2.24, 2.45) is 0 Å². The van der Waals surface area contributed by atoms with Gasteiger partial charge in [0, 0.05) is 30.9 Å². The Hall–Kier alpha value is -5.23. The Kier molecular flexibility index (Phi) is 7.89. The molecule has 0 atom stereocenters. The molecule has 3 amide bonds. The third-order valence-corrected chi connectivity index (χ3v) is 6.32. The van der Waals surface area contributed by atoms with Gasteiger partial charge in [0.25, 0.3) is 5.91 Å². The topological polar surface area (TPSA) is 148 Å². The zero-order valence-corrected chi connectivity index (χ0v) is 24.0. The van der Waals surface area contributed by atoms with Crippen LogP contribution in [0, 0.1) is 6.92 Å². The van der Waals surface area contributed by atoms with Crippen LogP contribution in [-0.2, 0) is 14.9 Å². The number of urea groups is 1. The van der Waals surface area contributed by atoms with Crippen LogP contribution in [0.1, 0.15) is 32.0 Å². The van der Waals surface area contributed by atoms with Gasteiger partial charge in [-0.05, 0) is 37.3 Å². The van der Waals surface area contributed by atoms with Gasteiger partial charge >= 0.3 is 6.03 Å². The number of aromatic amines is 1. The van der Waals surface area contributed by atoms with Gasteiger partial charge in [-0.15, -0.1) is 0 Å². The highest BCUT2D eigenvalue weighted by Crippen LogP contribution is 2.34. The minimum Gasteiger partial charge on any atom is -0.456 e. The maximum atomic E-state index is 13.2. The number of hydrogen-bond acceptors (Lipinski definition) is 7. The third kappa shape index (κ3) is 6.39. The Bertz CT molecular complexity index is 1730. The maximum Gasteiger partial charge on any atom is 0.324 e. The summed E-state index contributed by atoms with van der Waals surface area (Å²) in [6.07, 6.45) is 3.13. The van der Waals surface area contributed by atoms with Crippen molar-refractivity contribution >= 4 is 40.2 Å². The van der Waals surface area contributed by atoms with Crippen LogP contribution in [0.25, 0.3) is 16.6 Å². The molecule has 4 N–H and O–H groups in total. The third-order valence-electron chi connectivity index (χ3n) is 6.32. The molecule has 3 heterocycles. The average molecular weight is 569 g/mol. The van der Waals surface area contributed by atoms with Crippen LogP contribution < -0.4 is 20.7 Å². The van der Waals surface area contributed by atoms with E-state index in [1.165, 1.54) is 13.3 Å². The Morgan fingerprint density at radius 1 is 1.00 bits per heavy atom. The Balaban J connectivity index is 1.35. The maximum absolute atomic E-state index is 13.2. The number of H-pyrrole nitrogens is 1. The highest BCUT2D eigenvalue weighted by atomic mass is 16.5. The SMILES string of the molecule is COCC(=O)Nc1cc(Oc2ccc(NC(=O)Nc3cc(C(C)(C)C)nn3-c3ccc(C)cc3)c3[nH]ncc23)ccn1. The summed E-state index contributed by atoms with van der Waals surface area (Å²) < 4.78 is 12.6. The molecule has 5 aromatic rings. The van der Waals surface area contributed by atoms with Gasteiger partial charge in [0.05, 0.1) is 34.2 Å². The molecule has 0 unspecified atom stereocenters. The molecule has 0 saturated heterocycles. The lowest BCUT2D eigenvalue weighted by Gasteiger charge is -2.14. The number of aryl methyl sites for hydroxylation is 1. The van der Waals surface area contributed by atoms with Gasteiger partial charge in [-0.25, -0.2) is 14.5 Å². The van der Waals surface area contributed by atoms with Crippen LogP contribution in [0.5, 0.6) is 11.5 Å². The number of carbonyl (C=O) groups is 2. The van der Waals surface area contributed by atoms with E-state index in [0.717, 1.165) is 16.9 Å². The summed E-state index contributed by atoms with van der Waals surface area (Å²) in [7, 11) is 1.44. The summed E-state index contributed by atoms with van der Waals surface area (Å²) in [4.78, 5) is 29.2. The molecule has 0 aliphatic rings. The molecule has 5 rings (SSSR count). The first-order valence-corrected chi connectivity index (χ1v) is 13.2. The van der Waals surface area contributed by atoms with E-state index in [1.54, 1.807) is 35.1 Å². The van der Waals surface area contributed by atoms with Crippen LogP contribution >= 0.6 is 0 Å². The lowest BCUT2D eigenvalue weighted by Crippen LogP contribution is -2.21. The summed E-state index contributed by atoms with van der Waals surface area (Å²) in [6.45, 7) is 8.14. The Morgan fingerprint density at radius 2 is 1.79 bits per heavy atom. The molecule has 0 bridgehead atoms. The number of benzene rings is 2. The number of fused-ring (bicyclic) bond motifs is 1. The first-order valence-electron chi connectivity index (χ1n) is 13.2. The number of rotatable bonds is 8. The van der Waals surface area contributed by atoms with Crippen LogP contribution in [0.15, 0.2) is 67.0 Å². The predicted molar refractivity (Wildman–Crippen MR) is 161 cm³/mol. The van der Waals surface area contributed by atoms with Crippen molar-refractivity contribution in [1.29, 1.82) is 0 Å². The molecule has 42 heavy (non-hydrogen) atoms. The molecular formula is C30H32N8O4. The molecule has 0 fully saturated rings. The Morgan fingerprint density at radius 3 is 2.52 bits per heavy atom. The van der Waals surface area contributed by atoms with Crippen molar-refractivity contribution in [1.82, 2.24) is 25.0 Å². The molecule has 2 aromatic carbocycles. The van der Waals surface area contributed by atoms with Gasteiger partial charge in [-0.1, -0.05) is 38.5 Å². The Labute approximate surface area is 242 Å². The van der Waals surface area contributed by atoms with E-state index < -0.39 is 6.03 Å². The molecule has 0 aliphatic heterocycles. The zero-order valence-electron chi connectivity index (χ0n) is 24.0. The van der Waals surface area contributed by atoms with E-state index in [2.05, 4.69) is 51.9 Å². The first kappa shape index (κ1) is 28.3. The quantitative estimate of drug-likeness (QED) is 0.186. The molecule has 0 spiro atoms. The van der Waals surface area contributed by atoms with Gasteiger partial charge < -0.3 is 20.1 Å². The predicted octanol–water partition coefficient (Wildman–Crippen LogP) is 5.77. The number of anilines is 3. The number of hydrogen-bond donors (Lipinski definition) is 4. The van der Waals surface area contributed by atoms with Gasteiger partial charge in [0.2, 0.25) is 0 Å². The standard InChI is InChI=1S/C30H32N8O4/c1-18-6-8-19(9-7-18)38-26(15-24(37-38)30(2,3)4)35-29(40)33-22-10-11-23(21-16-32-36-28(21)22)42-20-12-13-31-25(14-20)34-27(39)17-41-5/h6-16H,17H2,1-5H3,(H,32,36)(H,31,34,39)(H2,33,35,40). The summed E-state index contributed by atoms with van der Waals surface area (Å²) in [5.74, 6) is 1.49. The van der Waals surface area contributed by atoms with Gasteiger partial charge in [-0.2, -0.15) is 10.2 Å². The summed E-state index contributed by atoms with van der Waals surface area (Å²) in [6, 6.07) is 16.1. The summed E-state index contributed by atoms with van der Waals surface area (Å²) in [5.41, 5.74) is 3.67. The minimum absolute atomic E-state index is 0.0868. The number of nitrogens with zero attached hydrogens (tertiary/aromatic N) is 4. The minimum atomic E-state index is -0.445.